The smallest absolute Gasteiger partial charge is 0.205 e. The van der Waals surface area contributed by atoms with Gasteiger partial charge in [0.15, 0.2) is 11.6 Å². The van der Waals surface area contributed by atoms with Crippen LogP contribution in [0.1, 0.15) is 5.56 Å². The second-order valence-electron chi connectivity index (χ2n) is 3.53. The van der Waals surface area contributed by atoms with Gasteiger partial charge in [0, 0.05) is 0 Å². The number of hydrogen-bond acceptors (Lipinski definition) is 7. The standard InChI is InChI=1S/C12H12N6O/c1-19-10-11(15-7-16-12(10)18-14)17-9-5-3-2-4-8(9)6-13/h2-5,7H,14H2,1H3,(H2,15,16,17,18). The van der Waals surface area contributed by atoms with Crippen LogP contribution in [0.3, 0.4) is 0 Å². The van der Waals surface area contributed by atoms with E-state index < -0.39 is 0 Å². The number of nitrogens with two attached hydrogens (primary N) is 1. The monoisotopic (exact) mass is 256 g/mol. The van der Waals surface area contributed by atoms with Crippen LogP contribution in [0.25, 0.3) is 0 Å². The summed E-state index contributed by atoms with van der Waals surface area (Å²) in [7, 11) is 1.49. The maximum absolute atomic E-state index is 9.04. The largest absolute Gasteiger partial charge is 0.490 e. The van der Waals surface area contributed by atoms with Gasteiger partial charge < -0.3 is 15.5 Å². The van der Waals surface area contributed by atoms with Crippen LogP contribution in [0.4, 0.5) is 17.3 Å². The molecule has 1 aromatic heterocycles. The van der Waals surface area contributed by atoms with Crippen molar-refractivity contribution in [3.05, 3.63) is 36.2 Å². The minimum atomic E-state index is 0.356. The van der Waals surface area contributed by atoms with Crippen molar-refractivity contribution in [2.24, 2.45) is 5.84 Å². The van der Waals surface area contributed by atoms with Gasteiger partial charge in [-0.1, -0.05) is 12.1 Å². The van der Waals surface area contributed by atoms with Crippen LogP contribution >= 0.6 is 0 Å². The number of nitrogens with one attached hydrogen (secondary N) is 2. The quantitative estimate of drug-likeness (QED) is 0.560. The van der Waals surface area contributed by atoms with Gasteiger partial charge in [-0.25, -0.2) is 15.8 Å². The summed E-state index contributed by atoms with van der Waals surface area (Å²) in [6, 6.07) is 9.18. The molecule has 0 bridgehead atoms. The van der Waals surface area contributed by atoms with E-state index in [9.17, 15) is 0 Å². The molecule has 0 saturated heterocycles. The number of benzene rings is 1. The number of hydrazine groups is 1. The molecule has 0 aliphatic rings. The van der Waals surface area contributed by atoms with Crippen molar-refractivity contribution in [1.82, 2.24) is 9.97 Å². The number of nitriles is 1. The minimum Gasteiger partial charge on any atom is -0.490 e. The summed E-state index contributed by atoms with van der Waals surface area (Å²) in [5.41, 5.74) is 3.55. The molecule has 0 radical (unpaired) electrons. The SMILES string of the molecule is COc1c(NN)ncnc1Nc1ccccc1C#N. The molecule has 0 atom stereocenters. The topological polar surface area (TPSA) is 109 Å². The molecular weight excluding hydrogens is 244 g/mol. The summed E-state index contributed by atoms with van der Waals surface area (Å²) in [6.45, 7) is 0. The van der Waals surface area contributed by atoms with Gasteiger partial charge in [-0.2, -0.15) is 5.26 Å². The summed E-state index contributed by atoms with van der Waals surface area (Å²) >= 11 is 0. The summed E-state index contributed by atoms with van der Waals surface area (Å²) in [6.07, 6.45) is 1.34. The number of nitrogens with zero attached hydrogens (tertiary/aromatic N) is 3. The van der Waals surface area contributed by atoms with Gasteiger partial charge in [0.1, 0.15) is 12.4 Å². The first-order chi connectivity index (χ1) is 9.30. The summed E-state index contributed by atoms with van der Waals surface area (Å²) in [5.74, 6) is 6.50. The van der Waals surface area contributed by atoms with Crippen LogP contribution in [0.15, 0.2) is 30.6 Å². The van der Waals surface area contributed by atoms with E-state index >= 15 is 0 Å². The van der Waals surface area contributed by atoms with Gasteiger partial charge >= 0.3 is 0 Å². The molecule has 0 aliphatic carbocycles. The van der Waals surface area contributed by atoms with E-state index in [1.54, 1.807) is 18.2 Å². The van der Waals surface area contributed by atoms with Gasteiger partial charge in [-0.05, 0) is 12.1 Å². The van der Waals surface area contributed by atoms with Crippen LogP contribution in [0.2, 0.25) is 0 Å². The molecule has 0 spiro atoms. The molecular formula is C12H12N6O. The first-order valence-corrected chi connectivity index (χ1v) is 5.42. The Bertz CT molecular complexity index is 622. The van der Waals surface area contributed by atoms with Crippen molar-refractivity contribution in [3.8, 4) is 11.8 Å². The normalized spacial score (nSPS) is 9.53. The van der Waals surface area contributed by atoms with E-state index in [-0.39, 0.29) is 0 Å². The number of para-hydroxylation sites is 1. The summed E-state index contributed by atoms with van der Waals surface area (Å²) < 4.78 is 5.20. The average Bonchev–Trinajstić information content (AvgIpc) is 2.47. The minimum absolute atomic E-state index is 0.356. The van der Waals surface area contributed by atoms with Crippen molar-refractivity contribution >= 4 is 17.3 Å². The Kier molecular flexibility index (Phi) is 3.75. The molecule has 7 nitrogen and oxygen atoms in total. The summed E-state index contributed by atoms with van der Waals surface area (Å²) in [5, 5.41) is 12.1. The molecule has 1 aromatic carbocycles. The number of ether oxygens (including phenoxy) is 1. The molecule has 0 amide bonds. The molecule has 2 rings (SSSR count). The maximum atomic E-state index is 9.04. The predicted molar refractivity (Wildman–Crippen MR) is 70.8 cm³/mol. The Balaban J connectivity index is 2.41. The molecule has 96 valence electrons. The van der Waals surface area contributed by atoms with Crippen LogP contribution in [0.5, 0.6) is 5.75 Å². The molecule has 4 N–H and O–H groups in total. The zero-order valence-corrected chi connectivity index (χ0v) is 10.2. The van der Waals surface area contributed by atoms with Crippen LogP contribution in [-0.2, 0) is 0 Å². The molecule has 0 saturated carbocycles. The number of rotatable bonds is 4. The second-order valence-corrected chi connectivity index (χ2v) is 3.53. The number of nitrogen functional groups attached to an aromatic ring is 1. The lowest BCUT2D eigenvalue weighted by atomic mass is 10.2. The Morgan fingerprint density at radius 2 is 2.00 bits per heavy atom. The average molecular weight is 256 g/mol. The molecule has 0 unspecified atom stereocenters. The van der Waals surface area contributed by atoms with E-state index in [2.05, 4.69) is 26.8 Å². The van der Waals surface area contributed by atoms with Gasteiger partial charge in [0.2, 0.25) is 5.75 Å². The lowest BCUT2D eigenvalue weighted by Gasteiger charge is -2.13. The van der Waals surface area contributed by atoms with Gasteiger partial charge in [-0.15, -0.1) is 0 Å². The fourth-order valence-electron chi connectivity index (χ4n) is 1.58. The second kappa shape index (κ2) is 5.66. The molecule has 19 heavy (non-hydrogen) atoms. The van der Waals surface area contributed by atoms with Crippen molar-refractivity contribution in [2.45, 2.75) is 0 Å². The molecule has 1 heterocycles. The van der Waals surface area contributed by atoms with Gasteiger partial charge in [0.25, 0.3) is 0 Å². The highest BCUT2D eigenvalue weighted by molar-refractivity contribution is 5.71. The Hall–Kier alpha value is -2.85. The third-order valence-electron chi connectivity index (χ3n) is 2.45. The van der Waals surface area contributed by atoms with Crippen LogP contribution < -0.4 is 21.3 Å². The number of methoxy groups -OCH3 is 1. The maximum Gasteiger partial charge on any atom is 0.205 e. The van der Waals surface area contributed by atoms with E-state index in [4.69, 9.17) is 15.8 Å². The van der Waals surface area contributed by atoms with Crippen molar-refractivity contribution < 1.29 is 4.74 Å². The Labute approximate surface area is 110 Å². The first-order valence-electron chi connectivity index (χ1n) is 5.42. The highest BCUT2D eigenvalue weighted by Gasteiger charge is 2.12. The van der Waals surface area contributed by atoms with Gasteiger partial charge in [-0.3, -0.25) is 0 Å². The molecule has 0 fully saturated rings. The fourth-order valence-corrected chi connectivity index (χ4v) is 1.58. The number of hydrogen-bond donors (Lipinski definition) is 3. The first kappa shape index (κ1) is 12.6. The third-order valence-corrected chi connectivity index (χ3v) is 2.45. The fraction of sp³-hybridized carbons (Fsp3) is 0.0833. The van der Waals surface area contributed by atoms with Crippen molar-refractivity contribution in [2.75, 3.05) is 17.9 Å². The third kappa shape index (κ3) is 2.53. The number of aromatic nitrogens is 2. The van der Waals surface area contributed by atoms with E-state index in [1.165, 1.54) is 13.4 Å². The zero-order chi connectivity index (χ0) is 13.7. The van der Waals surface area contributed by atoms with E-state index in [0.29, 0.717) is 28.6 Å². The predicted octanol–water partition coefficient (Wildman–Crippen LogP) is 1.39. The van der Waals surface area contributed by atoms with Crippen LogP contribution in [-0.4, -0.2) is 17.1 Å². The highest BCUT2D eigenvalue weighted by atomic mass is 16.5. The lowest BCUT2D eigenvalue weighted by Crippen LogP contribution is -2.11. The van der Waals surface area contributed by atoms with E-state index in [0.717, 1.165) is 0 Å². The Morgan fingerprint density at radius 1 is 1.26 bits per heavy atom. The molecule has 2 aromatic rings. The highest BCUT2D eigenvalue weighted by Crippen LogP contribution is 2.31. The van der Waals surface area contributed by atoms with Crippen LogP contribution in [0, 0.1) is 11.3 Å². The lowest BCUT2D eigenvalue weighted by molar-refractivity contribution is 0.415. The van der Waals surface area contributed by atoms with Crippen molar-refractivity contribution in [1.29, 1.82) is 5.26 Å². The van der Waals surface area contributed by atoms with E-state index in [1.807, 2.05) is 6.07 Å². The van der Waals surface area contributed by atoms with Crippen molar-refractivity contribution in [3.63, 3.8) is 0 Å². The zero-order valence-electron chi connectivity index (χ0n) is 10.2. The van der Waals surface area contributed by atoms with Gasteiger partial charge in [0.05, 0.1) is 18.4 Å². The molecule has 0 aliphatic heterocycles. The Morgan fingerprint density at radius 3 is 2.68 bits per heavy atom. The number of anilines is 3. The summed E-state index contributed by atoms with van der Waals surface area (Å²) in [4.78, 5) is 8.01. The molecule has 7 heteroatoms.